The van der Waals surface area contributed by atoms with Gasteiger partial charge in [-0.25, -0.2) is 4.39 Å². The monoisotopic (exact) mass is 313 g/mol. The van der Waals surface area contributed by atoms with Crippen LogP contribution in [-0.4, -0.2) is 18.2 Å². The zero-order valence-electron chi connectivity index (χ0n) is 10.2. The van der Waals surface area contributed by atoms with E-state index in [0.29, 0.717) is 24.3 Å². The molecule has 2 unspecified atom stereocenters. The third-order valence-corrected chi connectivity index (χ3v) is 4.41. The van der Waals surface area contributed by atoms with Crippen LogP contribution in [0.25, 0.3) is 0 Å². The van der Waals surface area contributed by atoms with E-state index in [9.17, 15) is 4.39 Å². The molecule has 4 heteroatoms. The van der Waals surface area contributed by atoms with Crippen molar-refractivity contribution in [3.05, 3.63) is 34.1 Å². The first kappa shape index (κ1) is 12.6. The van der Waals surface area contributed by atoms with Crippen LogP contribution >= 0.6 is 15.9 Å². The largest absolute Gasteiger partial charge is 0.373 e. The van der Waals surface area contributed by atoms with E-state index in [1.165, 1.54) is 18.9 Å². The Labute approximate surface area is 115 Å². The lowest BCUT2D eigenvalue weighted by Gasteiger charge is -2.29. The molecule has 98 valence electrons. The van der Waals surface area contributed by atoms with E-state index in [-0.39, 0.29) is 11.9 Å². The van der Waals surface area contributed by atoms with Crippen LogP contribution < -0.4 is 5.32 Å². The van der Waals surface area contributed by atoms with Crippen molar-refractivity contribution in [2.24, 2.45) is 0 Å². The fourth-order valence-electron chi connectivity index (χ4n) is 3.00. The minimum absolute atomic E-state index is 0.185. The van der Waals surface area contributed by atoms with Crippen molar-refractivity contribution in [3.63, 3.8) is 0 Å². The number of ether oxygens (including phenoxy) is 1. The van der Waals surface area contributed by atoms with Gasteiger partial charge in [0, 0.05) is 22.1 Å². The second kappa shape index (κ2) is 5.27. The van der Waals surface area contributed by atoms with Gasteiger partial charge in [-0.2, -0.15) is 0 Å². The first-order valence-electron chi connectivity index (χ1n) is 6.52. The van der Waals surface area contributed by atoms with Gasteiger partial charge in [-0.05, 0) is 43.9 Å². The summed E-state index contributed by atoms with van der Waals surface area (Å²) in [6.45, 7) is 0.370. The fourth-order valence-corrected chi connectivity index (χ4v) is 3.41. The number of nitrogens with one attached hydrogen (secondary N) is 1. The van der Waals surface area contributed by atoms with Crippen LogP contribution in [-0.2, 0) is 11.3 Å². The van der Waals surface area contributed by atoms with E-state index in [1.54, 1.807) is 12.1 Å². The van der Waals surface area contributed by atoms with Crippen molar-refractivity contribution in [3.8, 4) is 0 Å². The lowest BCUT2D eigenvalue weighted by Crippen LogP contribution is -2.41. The number of piperidine rings is 1. The predicted molar refractivity (Wildman–Crippen MR) is 71.9 cm³/mol. The molecule has 3 rings (SSSR count). The summed E-state index contributed by atoms with van der Waals surface area (Å²) in [6.07, 6.45) is 4.92. The Balaban J connectivity index is 1.59. The van der Waals surface area contributed by atoms with E-state index >= 15 is 0 Å². The van der Waals surface area contributed by atoms with E-state index in [2.05, 4.69) is 21.2 Å². The van der Waals surface area contributed by atoms with E-state index in [0.717, 1.165) is 17.3 Å². The zero-order valence-corrected chi connectivity index (χ0v) is 11.7. The Kier molecular flexibility index (Phi) is 3.68. The second-order valence-corrected chi connectivity index (χ2v) is 6.19. The molecule has 2 aliphatic heterocycles. The van der Waals surface area contributed by atoms with Gasteiger partial charge in [0.2, 0.25) is 0 Å². The van der Waals surface area contributed by atoms with Gasteiger partial charge in [0.1, 0.15) is 5.82 Å². The summed E-state index contributed by atoms with van der Waals surface area (Å²) in [7, 11) is 0. The number of hydrogen-bond donors (Lipinski definition) is 1. The normalized spacial score (nSPS) is 30.7. The first-order chi connectivity index (χ1) is 8.70. The number of halogens is 2. The van der Waals surface area contributed by atoms with Crippen LogP contribution in [0.1, 0.15) is 31.2 Å². The molecule has 2 heterocycles. The predicted octanol–water partition coefficient (Wildman–Crippen LogP) is 3.39. The standard InChI is InChI=1S/C14H17BrFNO/c15-10-1-4-14(16)9(5-10)8-18-13-6-11-2-3-12(7-13)17-11/h1,4-5,11-13,17H,2-3,6-8H2. The molecule has 1 aromatic carbocycles. The molecule has 0 radical (unpaired) electrons. The molecule has 1 aromatic rings. The van der Waals surface area contributed by atoms with Crippen LogP contribution in [0.4, 0.5) is 4.39 Å². The van der Waals surface area contributed by atoms with Crippen molar-refractivity contribution >= 4 is 15.9 Å². The van der Waals surface area contributed by atoms with Crippen molar-refractivity contribution in [2.75, 3.05) is 0 Å². The molecule has 0 saturated carbocycles. The van der Waals surface area contributed by atoms with Crippen molar-refractivity contribution in [1.82, 2.24) is 5.32 Å². The minimum atomic E-state index is -0.185. The highest BCUT2D eigenvalue weighted by atomic mass is 79.9. The molecule has 2 bridgehead atoms. The minimum Gasteiger partial charge on any atom is -0.373 e. The Morgan fingerprint density at radius 1 is 1.28 bits per heavy atom. The lowest BCUT2D eigenvalue weighted by molar-refractivity contribution is 0.00797. The SMILES string of the molecule is Fc1ccc(Br)cc1COC1CC2CCC(C1)N2. The van der Waals surface area contributed by atoms with Crippen LogP contribution in [0.3, 0.4) is 0 Å². The Morgan fingerprint density at radius 3 is 2.72 bits per heavy atom. The number of fused-ring (bicyclic) bond motifs is 2. The topological polar surface area (TPSA) is 21.3 Å². The van der Waals surface area contributed by atoms with Gasteiger partial charge in [-0.15, -0.1) is 0 Å². The molecular weight excluding hydrogens is 297 g/mol. The summed E-state index contributed by atoms with van der Waals surface area (Å²) in [5, 5.41) is 3.58. The zero-order chi connectivity index (χ0) is 12.5. The van der Waals surface area contributed by atoms with Gasteiger partial charge in [0.15, 0.2) is 0 Å². The number of rotatable bonds is 3. The number of benzene rings is 1. The molecule has 0 amide bonds. The van der Waals surface area contributed by atoms with Gasteiger partial charge in [0.05, 0.1) is 12.7 Å². The van der Waals surface area contributed by atoms with E-state index < -0.39 is 0 Å². The number of hydrogen-bond acceptors (Lipinski definition) is 2. The van der Waals surface area contributed by atoms with Crippen LogP contribution in [0.2, 0.25) is 0 Å². The van der Waals surface area contributed by atoms with Crippen LogP contribution in [0.15, 0.2) is 22.7 Å². The molecular formula is C14H17BrFNO. The van der Waals surface area contributed by atoms with E-state index in [1.807, 2.05) is 0 Å². The third kappa shape index (κ3) is 2.76. The molecule has 2 fully saturated rings. The van der Waals surface area contributed by atoms with Gasteiger partial charge >= 0.3 is 0 Å². The van der Waals surface area contributed by atoms with Crippen LogP contribution in [0, 0.1) is 5.82 Å². The summed E-state index contributed by atoms with van der Waals surface area (Å²) >= 11 is 3.36. The summed E-state index contributed by atoms with van der Waals surface area (Å²) in [5.74, 6) is -0.185. The Hall–Kier alpha value is -0.450. The fraction of sp³-hybridized carbons (Fsp3) is 0.571. The average Bonchev–Trinajstić information content (AvgIpc) is 2.70. The molecule has 18 heavy (non-hydrogen) atoms. The van der Waals surface area contributed by atoms with Gasteiger partial charge in [-0.1, -0.05) is 15.9 Å². The Bertz CT molecular complexity index is 428. The van der Waals surface area contributed by atoms with Crippen molar-refractivity contribution < 1.29 is 9.13 Å². The second-order valence-electron chi connectivity index (χ2n) is 5.28. The third-order valence-electron chi connectivity index (χ3n) is 3.91. The summed E-state index contributed by atoms with van der Waals surface area (Å²) in [5.41, 5.74) is 0.634. The summed E-state index contributed by atoms with van der Waals surface area (Å²) < 4.78 is 20.4. The Morgan fingerprint density at radius 2 is 2.00 bits per heavy atom. The quantitative estimate of drug-likeness (QED) is 0.923. The molecule has 2 nitrogen and oxygen atoms in total. The average molecular weight is 314 g/mol. The molecule has 0 aromatic heterocycles. The lowest BCUT2D eigenvalue weighted by atomic mass is 10.0. The summed E-state index contributed by atoms with van der Waals surface area (Å²) in [6, 6.07) is 6.21. The van der Waals surface area contributed by atoms with Gasteiger partial charge in [0.25, 0.3) is 0 Å². The highest BCUT2D eigenvalue weighted by molar-refractivity contribution is 9.10. The van der Waals surface area contributed by atoms with E-state index in [4.69, 9.17) is 4.74 Å². The maximum Gasteiger partial charge on any atom is 0.128 e. The summed E-state index contributed by atoms with van der Waals surface area (Å²) in [4.78, 5) is 0. The van der Waals surface area contributed by atoms with Crippen molar-refractivity contribution in [1.29, 1.82) is 0 Å². The maximum absolute atomic E-state index is 13.6. The highest BCUT2D eigenvalue weighted by Crippen LogP contribution is 2.29. The van der Waals surface area contributed by atoms with Crippen LogP contribution in [0.5, 0.6) is 0 Å². The molecule has 2 aliphatic rings. The molecule has 2 saturated heterocycles. The molecule has 0 aliphatic carbocycles. The van der Waals surface area contributed by atoms with Crippen molar-refractivity contribution in [2.45, 2.75) is 50.5 Å². The van der Waals surface area contributed by atoms with Gasteiger partial charge < -0.3 is 10.1 Å². The van der Waals surface area contributed by atoms with Gasteiger partial charge in [-0.3, -0.25) is 0 Å². The molecule has 1 N–H and O–H groups in total. The smallest absolute Gasteiger partial charge is 0.128 e. The first-order valence-corrected chi connectivity index (χ1v) is 7.31. The highest BCUT2D eigenvalue weighted by Gasteiger charge is 2.33. The molecule has 0 spiro atoms. The molecule has 2 atom stereocenters. The maximum atomic E-state index is 13.6.